The first kappa shape index (κ1) is 19.5. The zero-order valence-corrected chi connectivity index (χ0v) is 12.9. The summed E-state index contributed by atoms with van der Waals surface area (Å²) in [5.74, 6) is -1.55. The van der Waals surface area contributed by atoms with Crippen LogP contribution in [-0.4, -0.2) is 31.8 Å². The number of ether oxygens (including phenoxy) is 1. The molecule has 1 heterocycles. The zero-order chi connectivity index (χ0) is 16.2. The molecule has 1 aliphatic rings. The van der Waals surface area contributed by atoms with Crippen LogP contribution in [0.1, 0.15) is 12.8 Å². The number of benzene rings is 1. The molecule has 0 aromatic heterocycles. The lowest BCUT2D eigenvalue weighted by Gasteiger charge is -2.22. The molecule has 1 aliphatic heterocycles. The number of carbonyl (C=O) groups excluding carboxylic acids is 1. The highest BCUT2D eigenvalue weighted by Gasteiger charge is 2.29. The SMILES string of the molecule is Cl.O=C(Nc1cc(F)ccc1OCC(F)(F)F)C1CCCNC1. The fourth-order valence-corrected chi connectivity index (χ4v) is 2.20. The van der Waals surface area contributed by atoms with E-state index in [1.165, 1.54) is 0 Å². The minimum absolute atomic E-state index is 0. The van der Waals surface area contributed by atoms with Gasteiger partial charge in [-0.3, -0.25) is 4.79 Å². The molecule has 2 rings (SSSR count). The second-order valence-electron chi connectivity index (χ2n) is 5.08. The Balaban J connectivity index is 0.00000264. The van der Waals surface area contributed by atoms with Crippen molar-refractivity contribution < 1.29 is 27.1 Å². The van der Waals surface area contributed by atoms with Crippen molar-refractivity contribution in [1.29, 1.82) is 0 Å². The van der Waals surface area contributed by atoms with Crippen LogP contribution in [0.4, 0.5) is 23.2 Å². The number of hydrogen-bond acceptors (Lipinski definition) is 3. The average Bonchev–Trinajstić information content (AvgIpc) is 2.46. The third-order valence-electron chi connectivity index (χ3n) is 3.26. The highest BCUT2D eigenvalue weighted by Crippen LogP contribution is 2.28. The van der Waals surface area contributed by atoms with E-state index in [1.807, 2.05) is 0 Å². The highest BCUT2D eigenvalue weighted by atomic mass is 35.5. The highest BCUT2D eigenvalue weighted by molar-refractivity contribution is 5.94. The standard InChI is InChI=1S/C14H16F4N2O2.ClH/c15-10-3-4-12(22-8-14(16,17)18)11(6-10)20-13(21)9-2-1-5-19-7-9;/h3-4,6,9,19H,1-2,5,7-8H2,(H,20,21);1H. The Labute approximate surface area is 137 Å². The summed E-state index contributed by atoms with van der Waals surface area (Å²) >= 11 is 0. The predicted molar refractivity (Wildman–Crippen MR) is 79.4 cm³/mol. The summed E-state index contributed by atoms with van der Waals surface area (Å²) < 4.78 is 54.5. The molecule has 9 heteroatoms. The monoisotopic (exact) mass is 356 g/mol. The smallest absolute Gasteiger partial charge is 0.422 e. The Morgan fingerprint density at radius 2 is 2.13 bits per heavy atom. The van der Waals surface area contributed by atoms with Gasteiger partial charge in [-0.2, -0.15) is 13.2 Å². The molecule has 1 aromatic carbocycles. The maximum atomic E-state index is 13.3. The molecule has 1 fully saturated rings. The van der Waals surface area contributed by atoms with Crippen molar-refractivity contribution in [3.8, 4) is 5.75 Å². The number of amides is 1. The molecule has 1 atom stereocenters. The van der Waals surface area contributed by atoms with Crippen molar-refractivity contribution in [2.45, 2.75) is 19.0 Å². The van der Waals surface area contributed by atoms with E-state index >= 15 is 0 Å². The molecule has 0 radical (unpaired) electrons. The van der Waals surface area contributed by atoms with Gasteiger partial charge in [0.15, 0.2) is 6.61 Å². The van der Waals surface area contributed by atoms with Crippen LogP contribution in [0.15, 0.2) is 18.2 Å². The van der Waals surface area contributed by atoms with Crippen LogP contribution in [-0.2, 0) is 4.79 Å². The largest absolute Gasteiger partial charge is 0.482 e. The zero-order valence-electron chi connectivity index (χ0n) is 12.1. The Bertz CT molecular complexity index is 534. The third kappa shape index (κ3) is 6.23. The van der Waals surface area contributed by atoms with Gasteiger partial charge in [0.05, 0.1) is 11.6 Å². The summed E-state index contributed by atoms with van der Waals surface area (Å²) in [5.41, 5.74) is -0.0974. The maximum Gasteiger partial charge on any atom is 0.422 e. The van der Waals surface area contributed by atoms with Gasteiger partial charge < -0.3 is 15.4 Å². The number of halogens is 5. The summed E-state index contributed by atoms with van der Waals surface area (Å²) in [7, 11) is 0. The van der Waals surface area contributed by atoms with Crippen molar-refractivity contribution in [3.63, 3.8) is 0 Å². The molecule has 4 nitrogen and oxygen atoms in total. The second-order valence-corrected chi connectivity index (χ2v) is 5.08. The van der Waals surface area contributed by atoms with E-state index in [4.69, 9.17) is 0 Å². The van der Waals surface area contributed by atoms with Gasteiger partial charge in [-0.15, -0.1) is 12.4 Å². The first-order valence-corrected chi connectivity index (χ1v) is 6.86. The van der Waals surface area contributed by atoms with Gasteiger partial charge in [-0.05, 0) is 31.5 Å². The van der Waals surface area contributed by atoms with Crippen LogP contribution >= 0.6 is 12.4 Å². The fraction of sp³-hybridized carbons (Fsp3) is 0.500. The lowest BCUT2D eigenvalue weighted by molar-refractivity contribution is -0.153. The second kappa shape index (κ2) is 8.35. The topological polar surface area (TPSA) is 50.4 Å². The molecule has 0 bridgehead atoms. The predicted octanol–water partition coefficient (Wildman–Crippen LogP) is 3.13. The lowest BCUT2D eigenvalue weighted by atomic mass is 9.99. The Morgan fingerprint density at radius 3 is 2.74 bits per heavy atom. The van der Waals surface area contributed by atoms with E-state index in [1.54, 1.807) is 0 Å². The van der Waals surface area contributed by atoms with E-state index in [0.29, 0.717) is 13.0 Å². The fourth-order valence-electron chi connectivity index (χ4n) is 2.20. The molecule has 1 unspecified atom stereocenters. The van der Waals surface area contributed by atoms with Gasteiger partial charge in [0.1, 0.15) is 11.6 Å². The van der Waals surface area contributed by atoms with Gasteiger partial charge >= 0.3 is 6.18 Å². The Hall–Kier alpha value is -1.54. The minimum atomic E-state index is -4.51. The van der Waals surface area contributed by atoms with Crippen LogP contribution in [0.25, 0.3) is 0 Å². The van der Waals surface area contributed by atoms with Crippen LogP contribution < -0.4 is 15.4 Å². The number of piperidine rings is 1. The van der Waals surface area contributed by atoms with E-state index in [0.717, 1.165) is 31.2 Å². The van der Waals surface area contributed by atoms with Crippen molar-refractivity contribution in [3.05, 3.63) is 24.0 Å². The number of hydrogen-bond donors (Lipinski definition) is 2. The molecule has 1 amide bonds. The maximum absolute atomic E-state index is 13.3. The summed E-state index contributed by atoms with van der Waals surface area (Å²) in [6.45, 7) is -0.198. The Kier molecular flexibility index (Phi) is 7.08. The third-order valence-corrected chi connectivity index (χ3v) is 3.26. The normalized spacial score (nSPS) is 18.0. The molecule has 1 saturated heterocycles. The molecule has 130 valence electrons. The van der Waals surface area contributed by atoms with E-state index in [-0.39, 0.29) is 35.7 Å². The molecule has 2 N–H and O–H groups in total. The molecular formula is C14H17ClF4N2O2. The number of alkyl halides is 3. The lowest BCUT2D eigenvalue weighted by Crippen LogP contribution is -2.37. The molecule has 23 heavy (non-hydrogen) atoms. The van der Waals surface area contributed by atoms with E-state index in [2.05, 4.69) is 15.4 Å². The molecule has 1 aromatic rings. The van der Waals surface area contributed by atoms with Gasteiger partial charge in [0.25, 0.3) is 0 Å². The average molecular weight is 357 g/mol. The van der Waals surface area contributed by atoms with Gasteiger partial charge in [-0.1, -0.05) is 0 Å². The Morgan fingerprint density at radius 1 is 1.39 bits per heavy atom. The van der Waals surface area contributed by atoms with Crippen molar-refractivity contribution in [2.24, 2.45) is 5.92 Å². The van der Waals surface area contributed by atoms with Crippen molar-refractivity contribution in [2.75, 3.05) is 25.0 Å². The first-order valence-electron chi connectivity index (χ1n) is 6.86. The molecule has 0 spiro atoms. The number of nitrogens with one attached hydrogen (secondary N) is 2. The number of rotatable bonds is 4. The van der Waals surface area contributed by atoms with Crippen molar-refractivity contribution >= 4 is 24.0 Å². The summed E-state index contributed by atoms with van der Waals surface area (Å²) in [6.07, 6.45) is -3.01. The van der Waals surface area contributed by atoms with Crippen LogP contribution in [0.3, 0.4) is 0 Å². The van der Waals surface area contributed by atoms with Crippen molar-refractivity contribution in [1.82, 2.24) is 5.32 Å². The van der Waals surface area contributed by atoms with Gasteiger partial charge in [0.2, 0.25) is 5.91 Å². The number of carbonyl (C=O) groups is 1. The minimum Gasteiger partial charge on any atom is -0.482 e. The van der Waals surface area contributed by atoms with Crippen LogP contribution in [0, 0.1) is 11.7 Å². The summed E-state index contributed by atoms with van der Waals surface area (Å²) in [4.78, 5) is 12.1. The van der Waals surface area contributed by atoms with Crippen LogP contribution in [0.5, 0.6) is 5.75 Å². The van der Waals surface area contributed by atoms with Crippen LogP contribution in [0.2, 0.25) is 0 Å². The summed E-state index contributed by atoms with van der Waals surface area (Å²) in [5, 5.41) is 5.50. The van der Waals surface area contributed by atoms with Gasteiger partial charge in [-0.25, -0.2) is 4.39 Å². The first-order chi connectivity index (χ1) is 10.3. The molecular weight excluding hydrogens is 340 g/mol. The molecule has 0 aliphatic carbocycles. The van der Waals surface area contributed by atoms with E-state index in [9.17, 15) is 22.4 Å². The molecule has 0 saturated carbocycles. The van der Waals surface area contributed by atoms with E-state index < -0.39 is 18.6 Å². The van der Waals surface area contributed by atoms with Gasteiger partial charge in [0, 0.05) is 12.6 Å². The summed E-state index contributed by atoms with van der Waals surface area (Å²) in [6, 6.07) is 2.99. The quantitative estimate of drug-likeness (QED) is 0.815. The number of anilines is 1.